The van der Waals surface area contributed by atoms with Crippen LogP contribution < -0.4 is 5.73 Å². The molecule has 1 aromatic rings. The second kappa shape index (κ2) is 7.25. The summed E-state index contributed by atoms with van der Waals surface area (Å²) in [5.41, 5.74) is 5.26. The molecule has 1 atom stereocenters. The molecular weight excluding hydrogens is 236 g/mol. The summed E-state index contributed by atoms with van der Waals surface area (Å²) in [6.45, 7) is -0.229. The molecule has 0 saturated carbocycles. The maximum Gasteiger partial charge on any atom is 0.261 e. The predicted molar refractivity (Wildman–Crippen MR) is 53.5 cm³/mol. The number of aliphatic hydroxyl groups is 1. The average Bonchev–Trinajstić information content (AvgIpc) is 2.73. The van der Waals surface area contributed by atoms with Gasteiger partial charge < -0.3 is 20.1 Å². The lowest BCUT2D eigenvalue weighted by molar-refractivity contribution is 0.0182. The predicted octanol–water partition coefficient (Wildman–Crippen LogP) is 0.276. The first-order valence-corrected chi connectivity index (χ1v) is 5.20. The van der Waals surface area contributed by atoms with Crippen LogP contribution >= 0.6 is 0 Å². The van der Waals surface area contributed by atoms with Gasteiger partial charge in [-0.25, -0.2) is 8.78 Å². The Hall–Kier alpha value is -1.12. The number of hydrogen-bond donors (Lipinski definition) is 2. The van der Waals surface area contributed by atoms with Crippen LogP contribution in [0.3, 0.4) is 0 Å². The number of nitrogens with two attached hydrogens (primary N) is 1. The monoisotopic (exact) mass is 251 g/mol. The highest BCUT2D eigenvalue weighted by molar-refractivity contribution is 4.90. The van der Waals surface area contributed by atoms with Crippen LogP contribution in [-0.4, -0.2) is 41.4 Å². The van der Waals surface area contributed by atoms with Gasteiger partial charge in [-0.2, -0.15) is 4.98 Å². The third kappa shape index (κ3) is 5.16. The third-order valence-electron chi connectivity index (χ3n) is 1.92. The van der Waals surface area contributed by atoms with Crippen molar-refractivity contribution in [3.05, 3.63) is 11.7 Å². The molecule has 0 fully saturated rings. The van der Waals surface area contributed by atoms with Crippen LogP contribution in [-0.2, 0) is 11.2 Å². The van der Waals surface area contributed by atoms with Crippen LogP contribution in [0.2, 0.25) is 0 Å². The first-order valence-electron chi connectivity index (χ1n) is 5.20. The number of halogens is 2. The number of aromatic nitrogens is 2. The fourth-order valence-corrected chi connectivity index (χ4v) is 1.12. The van der Waals surface area contributed by atoms with Crippen molar-refractivity contribution in [2.75, 3.05) is 19.8 Å². The maximum absolute atomic E-state index is 11.7. The van der Waals surface area contributed by atoms with Gasteiger partial charge in [0.25, 0.3) is 12.3 Å². The number of alkyl halides is 2. The molecule has 17 heavy (non-hydrogen) atoms. The van der Waals surface area contributed by atoms with Crippen molar-refractivity contribution in [2.24, 2.45) is 5.73 Å². The van der Waals surface area contributed by atoms with E-state index >= 15 is 0 Å². The lowest BCUT2D eigenvalue weighted by Gasteiger charge is -2.01. The molecule has 0 aromatic carbocycles. The Kier molecular flexibility index (Phi) is 5.95. The molecule has 0 bridgehead atoms. The summed E-state index contributed by atoms with van der Waals surface area (Å²) in [6.07, 6.45) is -2.79. The lowest BCUT2D eigenvalue weighted by Crippen LogP contribution is -2.08. The molecule has 0 aliphatic heterocycles. The van der Waals surface area contributed by atoms with Crippen molar-refractivity contribution in [3.63, 3.8) is 0 Å². The zero-order valence-electron chi connectivity index (χ0n) is 9.18. The quantitative estimate of drug-likeness (QED) is 0.644. The molecule has 0 spiro atoms. The SMILES string of the molecule is NCC[C@H](O)c1nc(CCOCC(F)F)no1. The number of nitrogens with zero attached hydrogens (tertiary/aromatic N) is 2. The molecule has 0 unspecified atom stereocenters. The largest absolute Gasteiger partial charge is 0.383 e. The first-order chi connectivity index (χ1) is 8.13. The van der Waals surface area contributed by atoms with Gasteiger partial charge in [0.2, 0.25) is 0 Å². The van der Waals surface area contributed by atoms with Crippen LogP contribution in [0.4, 0.5) is 8.78 Å². The Bertz CT molecular complexity index is 322. The highest BCUT2D eigenvalue weighted by Crippen LogP contribution is 2.13. The van der Waals surface area contributed by atoms with Gasteiger partial charge in [0, 0.05) is 6.42 Å². The van der Waals surface area contributed by atoms with Crippen molar-refractivity contribution >= 4 is 0 Å². The summed E-state index contributed by atoms with van der Waals surface area (Å²) < 4.78 is 32.9. The first kappa shape index (κ1) is 13.9. The van der Waals surface area contributed by atoms with Crippen molar-refractivity contribution in [3.8, 4) is 0 Å². The summed E-state index contributed by atoms with van der Waals surface area (Å²) in [5, 5.41) is 13.1. The molecule has 1 aromatic heterocycles. The van der Waals surface area contributed by atoms with Crippen LogP contribution in [0.15, 0.2) is 4.52 Å². The molecule has 0 amide bonds. The van der Waals surface area contributed by atoms with E-state index in [1.807, 2.05) is 0 Å². The van der Waals surface area contributed by atoms with E-state index in [4.69, 9.17) is 10.3 Å². The number of hydrogen-bond acceptors (Lipinski definition) is 6. The summed E-state index contributed by atoms with van der Waals surface area (Å²) in [7, 11) is 0. The Morgan fingerprint density at radius 3 is 2.88 bits per heavy atom. The van der Waals surface area contributed by atoms with E-state index in [1.54, 1.807) is 0 Å². The number of aliphatic hydroxyl groups excluding tert-OH is 1. The van der Waals surface area contributed by atoms with Gasteiger partial charge >= 0.3 is 0 Å². The van der Waals surface area contributed by atoms with Crippen molar-refractivity contribution < 1.29 is 23.1 Å². The zero-order valence-corrected chi connectivity index (χ0v) is 9.18. The molecule has 0 aliphatic rings. The van der Waals surface area contributed by atoms with E-state index in [2.05, 4.69) is 14.9 Å². The van der Waals surface area contributed by atoms with Gasteiger partial charge in [0.1, 0.15) is 12.7 Å². The smallest absolute Gasteiger partial charge is 0.261 e. The summed E-state index contributed by atoms with van der Waals surface area (Å²) in [4.78, 5) is 3.89. The highest BCUT2D eigenvalue weighted by Gasteiger charge is 2.15. The number of rotatable bonds is 8. The fourth-order valence-electron chi connectivity index (χ4n) is 1.12. The molecule has 1 heterocycles. The molecule has 3 N–H and O–H groups in total. The van der Waals surface area contributed by atoms with Crippen LogP contribution in [0.1, 0.15) is 24.2 Å². The van der Waals surface area contributed by atoms with Crippen molar-refractivity contribution in [2.45, 2.75) is 25.4 Å². The molecule has 0 radical (unpaired) electrons. The third-order valence-corrected chi connectivity index (χ3v) is 1.92. The van der Waals surface area contributed by atoms with Gasteiger partial charge in [-0.1, -0.05) is 5.16 Å². The highest BCUT2D eigenvalue weighted by atomic mass is 19.3. The normalized spacial score (nSPS) is 13.2. The number of ether oxygens (including phenoxy) is 1. The molecule has 98 valence electrons. The fraction of sp³-hybridized carbons (Fsp3) is 0.778. The molecular formula is C9H15F2N3O3. The second-order valence-electron chi connectivity index (χ2n) is 3.36. The Balaban J connectivity index is 2.30. The lowest BCUT2D eigenvalue weighted by atomic mass is 10.2. The topological polar surface area (TPSA) is 94.4 Å². The van der Waals surface area contributed by atoms with E-state index in [0.717, 1.165) is 0 Å². The van der Waals surface area contributed by atoms with Crippen molar-refractivity contribution in [1.82, 2.24) is 10.1 Å². The van der Waals surface area contributed by atoms with E-state index < -0.39 is 19.1 Å². The summed E-state index contributed by atoms with van der Waals surface area (Å²) >= 11 is 0. The van der Waals surface area contributed by atoms with Crippen LogP contribution in [0.5, 0.6) is 0 Å². The van der Waals surface area contributed by atoms with E-state index in [-0.39, 0.29) is 18.9 Å². The Labute approximate surface area is 96.7 Å². The summed E-state index contributed by atoms with van der Waals surface area (Å²) in [5.74, 6) is 0.393. The van der Waals surface area contributed by atoms with Crippen LogP contribution in [0.25, 0.3) is 0 Å². The minimum Gasteiger partial charge on any atom is -0.383 e. The van der Waals surface area contributed by atoms with Gasteiger partial charge in [0.05, 0.1) is 6.61 Å². The van der Waals surface area contributed by atoms with E-state index in [1.165, 1.54) is 0 Å². The molecule has 1 rings (SSSR count). The molecule has 0 saturated heterocycles. The molecule has 8 heteroatoms. The van der Waals surface area contributed by atoms with Gasteiger partial charge in [0.15, 0.2) is 5.82 Å². The summed E-state index contributed by atoms with van der Waals surface area (Å²) in [6, 6.07) is 0. The van der Waals surface area contributed by atoms with Crippen LogP contribution in [0, 0.1) is 0 Å². The van der Waals surface area contributed by atoms with E-state index in [0.29, 0.717) is 18.8 Å². The van der Waals surface area contributed by atoms with E-state index in [9.17, 15) is 13.9 Å². The van der Waals surface area contributed by atoms with Gasteiger partial charge in [-0.05, 0) is 13.0 Å². The van der Waals surface area contributed by atoms with Gasteiger partial charge in [-0.15, -0.1) is 0 Å². The minimum atomic E-state index is -2.48. The molecule has 6 nitrogen and oxygen atoms in total. The minimum absolute atomic E-state index is 0.0797. The Morgan fingerprint density at radius 2 is 2.24 bits per heavy atom. The molecule has 0 aliphatic carbocycles. The maximum atomic E-state index is 11.7. The zero-order chi connectivity index (χ0) is 12.7. The van der Waals surface area contributed by atoms with Gasteiger partial charge in [-0.3, -0.25) is 0 Å². The van der Waals surface area contributed by atoms with Crippen molar-refractivity contribution in [1.29, 1.82) is 0 Å². The Morgan fingerprint density at radius 1 is 1.47 bits per heavy atom. The average molecular weight is 251 g/mol. The standard InChI is InChI=1S/C9H15F2N3O3/c10-7(11)5-16-4-2-8-13-9(17-14-8)6(15)1-3-12/h6-7,15H,1-5,12H2/t6-/m0/s1. The second-order valence-corrected chi connectivity index (χ2v) is 3.36.